The van der Waals surface area contributed by atoms with Crippen molar-refractivity contribution in [1.82, 2.24) is 5.32 Å². The van der Waals surface area contributed by atoms with Gasteiger partial charge in [0.15, 0.2) is 0 Å². The van der Waals surface area contributed by atoms with Gasteiger partial charge in [-0.25, -0.2) is 4.79 Å². The van der Waals surface area contributed by atoms with E-state index in [0.717, 1.165) is 5.56 Å². The summed E-state index contributed by atoms with van der Waals surface area (Å²) in [5.41, 5.74) is 0.587. The van der Waals surface area contributed by atoms with E-state index in [0.29, 0.717) is 13.0 Å². The standard InChI is InChI=1S/C15H21NO4/c1-15(2,10-12-6-4-3-5-7-12)14(19)16-8-9-20-11-13(17)18/h3-7H,8-11H2,1-2H3,(H,16,19)(H,17,18). The fourth-order valence-corrected chi connectivity index (χ4v) is 1.82. The molecule has 1 amide bonds. The molecule has 1 aromatic carbocycles. The zero-order valence-corrected chi connectivity index (χ0v) is 11.9. The number of carbonyl (C=O) groups is 2. The van der Waals surface area contributed by atoms with Crippen molar-refractivity contribution in [1.29, 1.82) is 0 Å². The minimum absolute atomic E-state index is 0.0692. The van der Waals surface area contributed by atoms with E-state index in [2.05, 4.69) is 5.32 Å². The minimum Gasteiger partial charge on any atom is -0.480 e. The van der Waals surface area contributed by atoms with Crippen molar-refractivity contribution in [2.75, 3.05) is 19.8 Å². The second-order valence-corrected chi connectivity index (χ2v) is 5.25. The van der Waals surface area contributed by atoms with Crippen molar-refractivity contribution in [2.45, 2.75) is 20.3 Å². The first-order valence-electron chi connectivity index (χ1n) is 6.53. The van der Waals surface area contributed by atoms with Crippen LogP contribution in [0.3, 0.4) is 0 Å². The number of ether oxygens (including phenoxy) is 1. The SMILES string of the molecule is CC(C)(Cc1ccccc1)C(=O)NCCOCC(=O)O. The summed E-state index contributed by atoms with van der Waals surface area (Å²) in [6, 6.07) is 9.82. The largest absolute Gasteiger partial charge is 0.480 e. The van der Waals surface area contributed by atoms with Crippen LogP contribution in [0.4, 0.5) is 0 Å². The van der Waals surface area contributed by atoms with Gasteiger partial charge in [-0.05, 0) is 12.0 Å². The molecule has 5 heteroatoms. The van der Waals surface area contributed by atoms with Crippen molar-refractivity contribution < 1.29 is 19.4 Å². The van der Waals surface area contributed by atoms with E-state index in [1.54, 1.807) is 0 Å². The van der Waals surface area contributed by atoms with Gasteiger partial charge in [-0.1, -0.05) is 44.2 Å². The molecule has 0 saturated carbocycles. The average molecular weight is 279 g/mol. The van der Waals surface area contributed by atoms with Gasteiger partial charge < -0.3 is 15.2 Å². The van der Waals surface area contributed by atoms with Crippen LogP contribution in [0.25, 0.3) is 0 Å². The first kappa shape index (κ1) is 16.2. The molecular formula is C15H21NO4. The molecule has 0 bridgehead atoms. The molecule has 1 rings (SSSR count). The lowest BCUT2D eigenvalue weighted by molar-refractivity contribution is -0.142. The van der Waals surface area contributed by atoms with E-state index in [1.165, 1.54) is 0 Å². The van der Waals surface area contributed by atoms with Crippen molar-refractivity contribution in [3.63, 3.8) is 0 Å². The number of rotatable bonds is 8. The maximum absolute atomic E-state index is 12.1. The third-order valence-electron chi connectivity index (χ3n) is 2.86. The van der Waals surface area contributed by atoms with Gasteiger partial charge in [0.1, 0.15) is 6.61 Å². The van der Waals surface area contributed by atoms with Crippen molar-refractivity contribution in [2.24, 2.45) is 5.41 Å². The highest BCUT2D eigenvalue weighted by Crippen LogP contribution is 2.21. The van der Waals surface area contributed by atoms with Gasteiger partial charge in [0.05, 0.1) is 6.61 Å². The molecule has 0 fully saturated rings. The fraction of sp³-hybridized carbons (Fsp3) is 0.467. The fourth-order valence-electron chi connectivity index (χ4n) is 1.82. The molecule has 20 heavy (non-hydrogen) atoms. The van der Waals surface area contributed by atoms with Gasteiger partial charge in [-0.15, -0.1) is 0 Å². The van der Waals surface area contributed by atoms with Crippen LogP contribution in [-0.2, 0) is 20.7 Å². The van der Waals surface area contributed by atoms with Crippen molar-refractivity contribution >= 4 is 11.9 Å². The molecule has 2 N–H and O–H groups in total. The zero-order chi connectivity index (χ0) is 15.0. The zero-order valence-electron chi connectivity index (χ0n) is 11.9. The monoisotopic (exact) mass is 279 g/mol. The molecule has 0 unspecified atom stereocenters. The van der Waals surface area contributed by atoms with Crippen LogP contribution in [0.15, 0.2) is 30.3 Å². The third-order valence-corrected chi connectivity index (χ3v) is 2.86. The molecule has 0 spiro atoms. The van der Waals surface area contributed by atoms with E-state index in [1.807, 2.05) is 44.2 Å². The van der Waals surface area contributed by atoms with Gasteiger partial charge in [-0.2, -0.15) is 0 Å². The number of hydrogen-bond acceptors (Lipinski definition) is 3. The van der Waals surface area contributed by atoms with Gasteiger partial charge >= 0.3 is 5.97 Å². The molecule has 0 heterocycles. The lowest BCUT2D eigenvalue weighted by Gasteiger charge is -2.23. The molecule has 0 saturated heterocycles. The number of carbonyl (C=O) groups excluding carboxylic acids is 1. The molecule has 0 radical (unpaired) electrons. The lowest BCUT2D eigenvalue weighted by Crippen LogP contribution is -2.40. The number of carboxylic acid groups (broad SMARTS) is 1. The Morgan fingerprint density at radius 1 is 1.25 bits per heavy atom. The summed E-state index contributed by atoms with van der Waals surface area (Å²) in [6.45, 7) is 3.92. The molecule has 0 aliphatic rings. The minimum atomic E-state index is -1.01. The molecule has 0 atom stereocenters. The van der Waals surface area contributed by atoms with E-state index in [-0.39, 0.29) is 19.1 Å². The lowest BCUT2D eigenvalue weighted by atomic mass is 9.85. The Bertz CT molecular complexity index is 442. The molecular weight excluding hydrogens is 258 g/mol. The van der Waals surface area contributed by atoms with Crippen LogP contribution in [0.5, 0.6) is 0 Å². The van der Waals surface area contributed by atoms with Crippen LogP contribution < -0.4 is 5.32 Å². The van der Waals surface area contributed by atoms with E-state index in [4.69, 9.17) is 9.84 Å². The Hall–Kier alpha value is -1.88. The number of hydrogen-bond donors (Lipinski definition) is 2. The summed E-state index contributed by atoms with van der Waals surface area (Å²) >= 11 is 0. The maximum Gasteiger partial charge on any atom is 0.329 e. The molecule has 1 aromatic rings. The summed E-state index contributed by atoms with van der Waals surface area (Å²) in [4.78, 5) is 22.3. The average Bonchev–Trinajstić information content (AvgIpc) is 2.38. The quantitative estimate of drug-likeness (QED) is 0.707. The highest BCUT2D eigenvalue weighted by Gasteiger charge is 2.27. The van der Waals surface area contributed by atoms with Crippen molar-refractivity contribution in [3.05, 3.63) is 35.9 Å². The predicted molar refractivity (Wildman–Crippen MR) is 75.4 cm³/mol. The van der Waals surface area contributed by atoms with Gasteiger partial charge in [0.2, 0.25) is 5.91 Å². The third kappa shape index (κ3) is 5.84. The number of amides is 1. The Kier molecular flexibility index (Phi) is 6.18. The topological polar surface area (TPSA) is 75.6 Å². The molecule has 5 nitrogen and oxygen atoms in total. The molecule has 110 valence electrons. The highest BCUT2D eigenvalue weighted by atomic mass is 16.5. The van der Waals surface area contributed by atoms with Crippen LogP contribution in [-0.4, -0.2) is 36.7 Å². The summed E-state index contributed by atoms with van der Waals surface area (Å²) in [5, 5.41) is 11.2. The Labute approximate surface area is 118 Å². The maximum atomic E-state index is 12.1. The van der Waals surface area contributed by atoms with Gasteiger partial charge in [-0.3, -0.25) is 4.79 Å². The second-order valence-electron chi connectivity index (χ2n) is 5.25. The number of benzene rings is 1. The second kappa shape index (κ2) is 7.65. The Balaban J connectivity index is 2.35. The molecule has 0 aromatic heterocycles. The highest BCUT2D eigenvalue weighted by molar-refractivity contribution is 5.82. The van der Waals surface area contributed by atoms with E-state index in [9.17, 15) is 9.59 Å². The van der Waals surface area contributed by atoms with Gasteiger partial charge in [0, 0.05) is 12.0 Å². The van der Waals surface area contributed by atoms with Crippen LogP contribution >= 0.6 is 0 Å². The smallest absolute Gasteiger partial charge is 0.329 e. The number of carboxylic acids is 1. The van der Waals surface area contributed by atoms with Gasteiger partial charge in [0.25, 0.3) is 0 Å². The summed E-state index contributed by atoms with van der Waals surface area (Å²) < 4.78 is 4.86. The summed E-state index contributed by atoms with van der Waals surface area (Å²) in [5.74, 6) is -1.08. The number of aliphatic carboxylic acids is 1. The normalized spacial score (nSPS) is 11.1. The van der Waals surface area contributed by atoms with Crippen LogP contribution in [0.2, 0.25) is 0 Å². The summed E-state index contributed by atoms with van der Waals surface area (Å²) in [6.07, 6.45) is 0.648. The number of nitrogens with one attached hydrogen (secondary N) is 1. The first-order chi connectivity index (χ1) is 9.42. The Morgan fingerprint density at radius 2 is 1.90 bits per heavy atom. The molecule has 0 aliphatic heterocycles. The van der Waals surface area contributed by atoms with E-state index < -0.39 is 11.4 Å². The molecule has 0 aliphatic carbocycles. The first-order valence-corrected chi connectivity index (χ1v) is 6.53. The van der Waals surface area contributed by atoms with E-state index >= 15 is 0 Å². The van der Waals surface area contributed by atoms with Crippen LogP contribution in [0.1, 0.15) is 19.4 Å². The van der Waals surface area contributed by atoms with Crippen LogP contribution in [0, 0.1) is 5.41 Å². The summed E-state index contributed by atoms with van der Waals surface area (Å²) in [7, 11) is 0. The van der Waals surface area contributed by atoms with Crippen molar-refractivity contribution in [3.8, 4) is 0 Å². The Morgan fingerprint density at radius 3 is 2.50 bits per heavy atom. The predicted octanol–water partition coefficient (Wildman–Crippen LogP) is 1.47.